The molecule has 1 aromatic carbocycles. The van der Waals surface area contributed by atoms with Crippen LogP contribution in [0.4, 0.5) is 4.39 Å². The Labute approximate surface area is 126 Å². The molecule has 1 rings (SSSR count). The molecule has 0 amide bonds. The van der Waals surface area contributed by atoms with E-state index in [1.54, 1.807) is 12.1 Å². The highest BCUT2D eigenvalue weighted by atomic mass is 35.5. The van der Waals surface area contributed by atoms with Gasteiger partial charge in [-0.2, -0.15) is 0 Å². The number of ether oxygens (including phenoxy) is 1. The number of hydrogen-bond acceptors (Lipinski definition) is 1. The molecule has 0 aliphatic heterocycles. The maximum absolute atomic E-state index is 13.6. The molecule has 3 heteroatoms. The highest BCUT2D eigenvalue weighted by Crippen LogP contribution is 2.19. The van der Waals surface area contributed by atoms with Crippen molar-refractivity contribution in [2.75, 3.05) is 12.5 Å². The van der Waals surface area contributed by atoms with Gasteiger partial charge in [0.05, 0.1) is 12.5 Å². The van der Waals surface area contributed by atoms with E-state index in [4.69, 9.17) is 16.3 Å². The first-order valence-electron chi connectivity index (χ1n) is 7.25. The lowest BCUT2D eigenvalue weighted by molar-refractivity contribution is 0.290. The molecule has 0 aromatic heterocycles. The Morgan fingerprint density at radius 3 is 2.65 bits per heavy atom. The van der Waals surface area contributed by atoms with E-state index in [2.05, 4.69) is 18.8 Å². The van der Waals surface area contributed by atoms with Gasteiger partial charge in [0.2, 0.25) is 0 Å². The third kappa shape index (κ3) is 6.82. The normalized spacial score (nSPS) is 9.95. The average molecular weight is 297 g/mol. The Balaban J connectivity index is 2.35. The highest BCUT2D eigenvalue weighted by molar-refractivity contribution is 6.19. The van der Waals surface area contributed by atoms with Crippen molar-refractivity contribution in [1.82, 2.24) is 0 Å². The molecular weight excluding hydrogens is 275 g/mol. The predicted octanol–water partition coefficient (Wildman–Crippen LogP) is 5.16. The summed E-state index contributed by atoms with van der Waals surface area (Å²) in [6, 6.07) is 4.65. The van der Waals surface area contributed by atoms with E-state index in [0.717, 1.165) is 18.4 Å². The largest absolute Gasteiger partial charge is 0.490 e. The van der Waals surface area contributed by atoms with E-state index in [1.165, 1.54) is 31.7 Å². The molecule has 0 heterocycles. The van der Waals surface area contributed by atoms with Gasteiger partial charge >= 0.3 is 0 Å². The minimum atomic E-state index is -0.340. The fourth-order valence-corrected chi connectivity index (χ4v) is 1.96. The molecule has 0 radical (unpaired) electrons. The SMILES string of the molecule is CCCCCCCCOc1cc(C#CCCl)ccc1F. The van der Waals surface area contributed by atoms with Crippen molar-refractivity contribution in [1.29, 1.82) is 0 Å². The zero-order chi connectivity index (χ0) is 14.6. The second-order valence-corrected chi connectivity index (χ2v) is 4.96. The van der Waals surface area contributed by atoms with Gasteiger partial charge in [0.1, 0.15) is 0 Å². The first-order valence-corrected chi connectivity index (χ1v) is 7.78. The second kappa shape index (κ2) is 10.6. The van der Waals surface area contributed by atoms with Crippen LogP contribution in [0, 0.1) is 17.7 Å². The summed E-state index contributed by atoms with van der Waals surface area (Å²) in [5.74, 6) is 5.81. The van der Waals surface area contributed by atoms with Crippen molar-refractivity contribution in [2.24, 2.45) is 0 Å². The Morgan fingerprint density at radius 1 is 1.15 bits per heavy atom. The average Bonchev–Trinajstić information content (AvgIpc) is 2.46. The lowest BCUT2D eigenvalue weighted by Crippen LogP contribution is -1.99. The Morgan fingerprint density at radius 2 is 1.90 bits per heavy atom. The van der Waals surface area contributed by atoms with Gasteiger partial charge in [-0.25, -0.2) is 4.39 Å². The summed E-state index contributed by atoms with van der Waals surface area (Å²) >= 11 is 5.50. The van der Waals surface area contributed by atoms with Crippen LogP contribution in [-0.2, 0) is 0 Å². The molecule has 0 atom stereocenters. The van der Waals surface area contributed by atoms with E-state index in [-0.39, 0.29) is 17.4 Å². The minimum Gasteiger partial charge on any atom is -0.490 e. The van der Waals surface area contributed by atoms with Crippen LogP contribution in [0.2, 0.25) is 0 Å². The molecule has 20 heavy (non-hydrogen) atoms. The van der Waals surface area contributed by atoms with Crippen molar-refractivity contribution in [3.63, 3.8) is 0 Å². The van der Waals surface area contributed by atoms with Crippen molar-refractivity contribution in [3.8, 4) is 17.6 Å². The van der Waals surface area contributed by atoms with Gasteiger partial charge in [-0.15, -0.1) is 11.6 Å². The van der Waals surface area contributed by atoms with E-state index in [9.17, 15) is 4.39 Å². The number of benzene rings is 1. The van der Waals surface area contributed by atoms with Crippen LogP contribution in [0.25, 0.3) is 0 Å². The molecule has 0 saturated heterocycles. The zero-order valence-corrected chi connectivity index (χ0v) is 12.8. The number of alkyl halides is 1. The highest BCUT2D eigenvalue weighted by Gasteiger charge is 2.03. The van der Waals surface area contributed by atoms with Crippen LogP contribution in [0.5, 0.6) is 5.75 Å². The molecule has 0 aliphatic rings. The third-order valence-electron chi connectivity index (χ3n) is 2.99. The fraction of sp³-hybridized carbons (Fsp3) is 0.529. The maximum atomic E-state index is 13.6. The lowest BCUT2D eigenvalue weighted by atomic mass is 10.1. The molecule has 0 spiro atoms. The van der Waals surface area contributed by atoms with Crippen LogP contribution in [0.1, 0.15) is 51.0 Å². The Hall–Kier alpha value is -1.20. The number of halogens is 2. The van der Waals surface area contributed by atoms with Gasteiger partial charge in [-0.05, 0) is 24.6 Å². The van der Waals surface area contributed by atoms with Gasteiger partial charge < -0.3 is 4.74 Å². The molecule has 1 nitrogen and oxygen atoms in total. The van der Waals surface area contributed by atoms with Gasteiger partial charge in [-0.3, -0.25) is 0 Å². The third-order valence-corrected chi connectivity index (χ3v) is 3.12. The van der Waals surface area contributed by atoms with Crippen molar-refractivity contribution < 1.29 is 9.13 Å². The van der Waals surface area contributed by atoms with Gasteiger partial charge in [-0.1, -0.05) is 50.9 Å². The van der Waals surface area contributed by atoms with Crippen LogP contribution >= 0.6 is 11.6 Å². The molecule has 0 unspecified atom stereocenters. The molecule has 0 bridgehead atoms. The zero-order valence-electron chi connectivity index (χ0n) is 12.1. The van der Waals surface area contributed by atoms with Gasteiger partial charge in [0.15, 0.2) is 11.6 Å². The number of unbranched alkanes of at least 4 members (excludes halogenated alkanes) is 5. The standard InChI is InChI=1S/C17H22ClFO/c1-2-3-4-5-6-7-13-20-17-14-15(9-8-12-18)10-11-16(17)19/h10-11,14H,2-7,12-13H2,1H3. The molecule has 0 saturated carbocycles. The second-order valence-electron chi connectivity index (χ2n) is 4.70. The molecule has 1 aromatic rings. The topological polar surface area (TPSA) is 9.23 Å². The summed E-state index contributed by atoms with van der Waals surface area (Å²) < 4.78 is 19.1. The smallest absolute Gasteiger partial charge is 0.165 e. The van der Waals surface area contributed by atoms with E-state index in [0.29, 0.717) is 6.61 Å². The van der Waals surface area contributed by atoms with Crippen LogP contribution in [-0.4, -0.2) is 12.5 Å². The van der Waals surface area contributed by atoms with E-state index >= 15 is 0 Å². The summed E-state index contributed by atoms with van der Waals surface area (Å²) in [6.45, 7) is 2.75. The van der Waals surface area contributed by atoms with Gasteiger partial charge in [0, 0.05) is 5.56 Å². The van der Waals surface area contributed by atoms with Crippen LogP contribution in [0.15, 0.2) is 18.2 Å². The van der Waals surface area contributed by atoms with Crippen LogP contribution < -0.4 is 4.74 Å². The summed E-state index contributed by atoms with van der Waals surface area (Å²) in [7, 11) is 0. The summed E-state index contributed by atoms with van der Waals surface area (Å²) in [6.07, 6.45) is 7.12. The maximum Gasteiger partial charge on any atom is 0.165 e. The number of hydrogen-bond donors (Lipinski definition) is 0. The molecule has 0 N–H and O–H groups in total. The quantitative estimate of drug-likeness (QED) is 0.366. The first kappa shape index (κ1) is 16.9. The van der Waals surface area contributed by atoms with Crippen molar-refractivity contribution in [2.45, 2.75) is 45.4 Å². The molecule has 0 aliphatic carbocycles. The van der Waals surface area contributed by atoms with Gasteiger partial charge in [0.25, 0.3) is 0 Å². The minimum absolute atomic E-state index is 0.269. The van der Waals surface area contributed by atoms with E-state index in [1.807, 2.05) is 0 Å². The van der Waals surface area contributed by atoms with Crippen LogP contribution in [0.3, 0.4) is 0 Å². The Kier molecular flexibility index (Phi) is 8.91. The van der Waals surface area contributed by atoms with Crippen molar-refractivity contribution in [3.05, 3.63) is 29.6 Å². The summed E-state index contributed by atoms with van der Waals surface area (Å²) in [5, 5.41) is 0. The monoisotopic (exact) mass is 296 g/mol. The number of rotatable bonds is 8. The predicted molar refractivity (Wildman–Crippen MR) is 82.9 cm³/mol. The fourth-order valence-electron chi connectivity index (χ4n) is 1.89. The lowest BCUT2D eigenvalue weighted by Gasteiger charge is -2.07. The van der Waals surface area contributed by atoms with Crippen molar-refractivity contribution >= 4 is 11.6 Å². The molecule has 110 valence electrons. The summed E-state index contributed by atoms with van der Waals surface area (Å²) in [5.41, 5.74) is 0.727. The molecule has 0 fully saturated rings. The first-order chi connectivity index (χ1) is 9.77. The van der Waals surface area contributed by atoms with E-state index < -0.39 is 0 Å². The summed E-state index contributed by atoms with van der Waals surface area (Å²) in [4.78, 5) is 0. The Bertz CT molecular complexity index is 448. The molecular formula is C17H22ClFO.